The summed E-state index contributed by atoms with van der Waals surface area (Å²) in [5.74, 6) is 0.795. The molecule has 140 valence electrons. The molecule has 26 heavy (non-hydrogen) atoms. The fourth-order valence-corrected chi connectivity index (χ4v) is 4.85. The molecule has 1 saturated heterocycles. The van der Waals surface area contributed by atoms with E-state index in [9.17, 15) is 9.59 Å². The van der Waals surface area contributed by atoms with E-state index in [1.54, 1.807) is 6.26 Å². The highest BCUT2D eigenvalue weighted by atomic mass is 32.2. The molecule has 0 saturated carbocycles. The van der Waals surface area contributed by atoms with Crippen molar-refractivity contribution in [3.63, 3.8) is 0 Å². The molecule has 3 rings (SSSR count). The van der Waals surface area contributed by atoms with Gasteiger partial charge in [0, 0.05) is 36.7 Å². The summed E-state index contributed by atoms with van der Waals surface area (Å²) in [6.07, 6.45) is 3.12. The number of hydrogen-bond donors (Lipinski definition) is 1. The summed E-state index contributed by atoms with van der Waals surface area (Å²) in [5, 5.41) is 10.5. The van der Waals surface area contributed by atoms with Gasteiger partial charge in [-0.25, -0.2) is 9.78 Å². The topological polar surface area (TPSA) is 86.9 Å². The summed E-state index contributed by atoms with van der Waals surface area (Å²) in [6, 6.07) is 4.03. The van der Waals surface area contributed by atoms with Gasteiger partial charge < -0.3 is 14.4 Å². The van der Waals surface area contributed by atoms with Crippen LogP contribution in [0.15, 0.2) is 32.5 Å². The predicted octanol–water partition coefficient (Wildman–Crippen LogP) is 2.65. The quantitative estimate of drug-likeness (QED) is 0.653. The Labute approximate surface area is 160 Å². The maximum atomic E-state index is 12.2. The number of carboxylic acids is 1. The third kappa shape index (κ3) is 4.87. The number of likely N-dealkylation sites (tertiary alicyclic amines) is 1. The maximum Gasteiger partial charge on any atom is 0.355 e. The van der Waals surface area contributed by atoms with Crippen LogP contribution < -0.4 is 0 Å². The van der Waals surface area contributed by atoms with Crippen molar-refractivity contribution in [1.29, 1.82) is 0 Å². The molecule has 9 heteroatoms. The van der Waals surface area contributed by atoms with E-state index in [0.29, 0.717) is 18.7 Å². The highest BCUT2D eigenvalue weighted by Gasteiger charge is 2.31. The lowest BCUT2D eigenvalue weighted by atomic mass is 10.2. The van der Waals surface area contributed by atoms with Crippen LogP contribution in [0, 0.1) is 0 Å². The summed E-state index contributed by atoms with van der Waals surface area (Å²) >= 11 is 2.82. The van der Waals surface area contributed by atoms with Gasteiger partial charge in [-0.15, -0.1) is 11.3 Å². The van der Waals surface area contributed by atoms with Gasteiger partial charge in [0.15, 0.2) is 10.0 Å². The highest BCUT2D eigenvalue weighted by Crippen LogP contribution is 2.25. The van der Waals surface area contributed by atoms with E-state index >= 15 is 0 Å². The lowest BCUT2D eigenvalue weighted by Crippen LogP contribution is -2.41. The molecule has 2 aromatic rings. The predicted molar refractivity (Wildman–Crippen MR) is 99.6 cm³/mol. The molecular weight excluding hydrogens is 374 g/mol. The van der Waals surface area contributed by atoms with Gasteiger partial charge in [-0.1, -0.05) is 11.8 Å². The Bertz CT molecular complexity index is 747. The second-order valence-corrected chi connectivity index (χ2v) is 8.41. The van der Waals surface area contributed by atoms with Crippen molar-refractivity contribution in [2.75, 3.05) is 25.9 Å². The molecule has 1 atom stereocenters. The third-order valence-corrected chi connectivity index (χ3v) is 6.24. The monoisotopic (exact) mass is 395 g/mol. The summed E-state index contributed by atoms with van der Waals surface area (Å²) in [6.45, 7) is 2.17. The SMILES string of the molecule is CN(Cc1ccco1)C[C@H]1CCC(=O)N1CCSc1nc(C(=O)O)cs1. The zero-order valence-corrected chi connectivity index (χ0v) is 16.1. The number of aromatic carboxylic acids is 1. The average Bonchev–Trinajstić information content (AvgIpc) is 3.32. The van der Waals surface area contributed by atoms with Gasteiger partial charge in [0.1, 0.15) is 5.76 Å². The van der Waals surface area contributed by atoms with Crippen LogP contribution in [0.4, 0.5) is 0 Å². The maximum absolute atomic E-state index is 12.2. The van der Waals surface area contributed by atoms with Crippen molar-refractivity contribution in [2.24, 2.45) is 0 Å². The standard InChI is InChI=1S/C17H21N3O4S2/c1-19(10-13-3-2-7-24-13)9-12-4-5-15(21)20(12)6-8-25-17-18-14(11-26-17)16(22)23/h2-3,7,11-12H,4-6,8-10H2,1H3,(H,22,23)/t12-/m1/s1. The number of nitrogens with zero attached hydrogens (tertiary/aromatic N) is 3. The lowest BCUT2D eigenvalue weighted by Gasteiger charge is -2.28. The average molecular weight is 396 g/mol. The molecule has 1 N–H and O–H groups in total. The van der Waals surface area contributed by atoms with E-state index in [0.717, 1.165) is 29.6 Å². The van der Waals surface area contributed by atoms with Crippen LogP contribution in [0.2, 0.25) is 0 Å². The molecule has 1 aliphatic rings. The molecule has 0 aliphatic carbocycles. The number of aromatic nitrogens is 1. The zero-order valence-electron chi connectivity index (χ0n) is 14.5. The molecule has 0 aromatic carbocycles. The molecule has 1 fully saturated rings. The van der Waals surface area contributed by atoms with Crippen LogP contribution in [-0.4, -0.2) is 63.7 Å². The van der Waals surface area contributed by atoms with Gasteiger partial charge in [0.2, 0.25) is 5.91 Å². The number of carbonyl (C=O) groups excluding carboxylic acids is 1. The first-order valence-corrected chi connectivity index (χ1v) is 10.2. The van der Waals surface area contributed by atoms with E-state index in [4.69, 9.17) is 9.52 Å². The van der Waals surface area contributed by atoms with Crippen LogP contribution in [0.5, 0.6) is 0 Å². The van der Waals surface area contributed by atoms with Crippen LogP contribution in [0.1, 0.15) is 29.1 Å². The van der Waals surface area contributed by atoms with Gasteiger partial charge in [-0.2, -0.15) is 0 Å². The Kier molecular flexibility index (Phi) is 6.33. The molecule has 0 unspecified atom stereocenters. The van der Waals surface area contributed by atoms with Gasteiger partial charge in [0.25, 0.3) is 0 Å². The Morgan fingerprint density at radius 3 is 3.12 bits per heavy atom. The molecule has 0 spiro atoms. The van der Waals surface area contributed by atoms with Crippen molar-refractivity contribution in [2.45, 2.75) is 29.8 Å². The Morgan fingerprint density at radius 2 is 2.42 bits per heavy atom. The number of likely N-dealkylation sites (N-methyl/N-ethyl adjacent to an activating group) is 1. The summed E-state index contributed by atoms with van der Waals surface area (Å²) in [7, 11) is 2.03. The van der Waals surface area contributed by atoms with E-state index in [2.05, 4.69) is 9.88 Å². The summed E-state index contributed by atoms with van der Waals surface area (Å²) < 4.78 is 6.10. The molecule has 0 bridgehead atoms. The zero-order chi connectivity index (χ0) is 18.5. The molecule has 2 aromatic heterocycles. The van der Waals surface area contributed by atoms with Gasteiger partial charge >= 0.3 is 5.97 Å². The first-order valence-electron chi connectivity index (χ1n) is 8.35. The Hall–Kier alpha value is -1.84. The van der Waals surface area contributed by atoms with Crippen LogP contribution in [0.25, 0.3) is 0 Å². The molecule has 1 aliphatic heterocycles. The normalized spacial score (nSPS) is 17.4. The largest absolute Gasteiger partial charge is 0.476 e. The van der Waals surface area contributed by atoms with Crippen LogP contribution in [0.3, 0.4) is 0 Å². The number of hydrogen-bond acceptors (Lipinski definition) is 7. The molecule has 3 heterocycles. The lowest BCUT2D eigenvalue weighted by molar-refractivity contribution is -0.128. The van der Waals surface area contributed by atoms with E-state index < -0.39 is 5.97 Å². The third-order valence-electron chi connectivity index (χ3n) is 4.24. The van der Waals surface area contributed by atoms with Crippen molar-refractivity contribution in [1.82, 2.24) is 14.8 Å². The second kappa shape index (κ2) is 8.70. The minimum Gasteiger partial charge on any atom is -0.476 e. The number of furan rings is 1. The van der Waals surface area contributed by atoms with E-state index in [1.807, 2.05) is 24.1 Å². The Morgan fingerprint density at radius 1 is 1.58 bits per heavy atom. The minimum absolute atomic E-state index is 0.0761. The number of carboxylic acid groups (broad SMARTS) is 1. The number of thioether (sulfide) groups is 1. The second-order valence-electron chi connectivity index (χ2n) is 6.21. The van der Waals surface area contributed by atoms with E-state index in [1.165, 1.54) is 28.5 Å². The highest BCUT2D eigenvalue weighted by molar-refractivity contribution is 8.01. The van der Waals surface area contributed by atoms with Crippen molar-refractivity contribution in [3.05, 3.63) is 35.2 Å². The molecule has 0 radical (unpaired) electrons. The molecular formula is C17H21N3O4S2. The smallest absolute Gasteiger partial charge is 0.355 e. The Balaban J connectivity index is 1.48. The van der Waals surface area contributed by atoms with Crippen LogP contribution in [-0.2, 0) is 11.3 Å². The van der Waals surface area contributed by atoms with Crippen molar-refractivity contribution >= 4 is 35.0 Å². The first kappa shape index (κ1) is 18.9. The molecule has 1 amide bonds. The van der Waals surface area contributed by atoms with Crippen LogP contribution >= 0.6 is 23.1 Å². The van der Waals surface area contributed by atoms with Crippen molar-refractivity contribution in [3.8, 4) is 0 Å². The van der Waals surface area contributed by atoms with Gasteiger partial charge in [-0.3, -0.25) is 9.69 Å². The van der Waals surface area contributed by atoms with Gasteiger partial charge in [-0.05, 0) is 25.6 Å². The number of carbonyl (C=O) groups is 2. The van der Waals surface area contributed by atoms with E-state index in [-0.39, 0.29) is 17.6 Å². The minimum atomic E-state index is -1.01. The number of rotatable bonds is 9. The summed E-state index contributed by atoms with van der Waals surface area (Å²) in [5.41, 5.74) is 0.0761. The molecule has 7 nitrogen and oxygen atoms in total. The fourth-order valence-electron chi connectivity index (χ4n) is 3.04. The number of amides is 1. The number of thiazole rings is 1. The summed E-state index contributed by atoms with van der Waals surface area (Å²) in [4.78, 5) is 31.3. The van der Waals surface area contributed by atoms with Crippen molar-refractivity contribution < 1.29 is 19.1 Å². The fraction of sp³-hybridized carbons (Fsp3) is 0.471. The van der Waals surface area contributed by atoms with Gasteiger partial charge in [0.05, 0.1) is 12.8 Å². The first-order chi connectivity index (χ1) is 12.5.